The van der Waals surface area contributed by atoms with E-state index >= 15 is 0 Å². The molecule has 1 unspecified atom stereocenters. The molecule has 1 fully saturated rings. The van der Waals surface area contributed by atoms with Crippen molar-refractivity contribution in [1.29, 1.82) is 0 Å². The Labute approximate surface area is 88.4 Å². The molecular weight excluding hydrogens is 174 g/mol. The largest absolute Gasteiger partial charge is 0.380 e. The Morgan fingerprint density at radius 1 is 1.36 bits per heavy atom. The van der Waals surface area contributed by atoms with Crippen LogP contribution in [0.5, 0.6) is 0 Å². The summed E-state index contributed by atoms with van der Waals surface area (Å²) in [5, 5.41) is 3.30. The van der Waals surface area contributed by atoms with Crippen LogP contribution in [0.4, 0.5) is 0 Å². The van der Waals surface area contributed by atoms with E-state index in [0.717, 1.165) is 19.1 Å². The topological polar surface area (TPSA) is 21.3 Å². The van der Waals surface area contributed by atoms with Crippen molar-refractivity contribution in [3.05, 3.63) is 0 Å². The van der Waals surface area contributed by atoms with Crippen molar-refractivity contribution >= 4 is 0 Å². The number of rotatable bonds is 7. The van der Waals surface area contributed by atoms with E-state index in [1.807, 2.05) is 7.05 Å². The smallest absolute Gasteiger partial charge is 0.0619 e. The highest BCUT2D eigenvalue weighted by Gasteiger charge is 2.15. The molecule has 1 atom stereocenters. The minimum atomic E-state index is 0.557. The fourth-order valence-corrected chi connectivity index (χ4v) is 2.21. The zero-order chi connectivity index (χ0) is 10.2. The first-order valence-corrected chi connectivity index (χ1v) is 6.11. The molecule has 1 saturated carbocycles. The van der Waals surface area contributed by atoms with Crippen LogP contribution < -0.4 is 5.32 Å². The van der Waals surface area contributed by atoms with Crippen LogP contribution in [-0.2, 0) is 4.74 Å². The van der Waals surface area contributed by atoms with Gasteiger partial charge in [0.15, 0.2) is 0 Å². The summed E-state index contributed by atoms with van der Waals surface area (Å²) in [6.45, 7) is 4.10. The summed E-state index contributed by atoms with van der Waals surface area (Å²) in [6, 6.07) is 0.557. The van der Waals surface area contributed by atoms with Gasteiger partial charge in [-0.1, -0.05) is 26.2 Å². The van der Waals surface area contributed by atoms with Crippen LogP contribution in [0.2, 0.25) is 0 Å². The van der Waals surface area contributed by atoms with Gasteiger partial charge in [0.2, 0.25) is 0 Å². The molecule has 1 aliphatic rings. The van der Waals surface area contributed by atoms with Crippen LogP contribution >= 0.6 is 0 Å². The molecule has 0 saturated heterocycles. The molecule has 2 nitrogen and oxygen atoms in total. The van der Waals surface area contributed by atoms with Crippen molar-refractivity contribution in [2.45, 2.75) is 51.5 Å². The van der Waals surface area contributed by atoms with Crippen molar-refractivity contribution in [3.63, 3.8) is 0 Å². The lowest BCUT2D eigenvalue weighted by Crippen LogP contribution is -2.30. The average Bonchev–Trinajstić information content (AvgIpc) is 2.69. The molecule has 2 heteroatoms. The monoisotopic (exact) mass is 199 g/mol. The van der Waals surface area contributed by atoms with E-state index in [2.05, 4.69) is 12.2 Å². The molecule has 0 aromatic heterocycles. The molecule has 1 N–H and O–H groups in total. The van der Waals surface area contributed by atoms with Crippen molar-refractivity contribution in [2.75, 3.05) is 20.3 Å². The summed E-state index contributed by atoms with van der Waals surface area (Å²) in [5.41, 5.74) is 0. The third-order valence-corrected chi connectivity index (χ3v) is 3.19. The summed E-state index contributed by atoms with van der Waals surface area (Å²) in [6.07, 6.45) is 8.06. The summed E-state index contributed by atoms with van der Waals surface area (Å²) in [7, 11) is 2.03. The van der Waals surface area contributed by atoms with Gasteiger partial charge in [0.1, 0.15) is 0 Å². The highest BCUT2D eigenvalue weighted by Crippen LogP contribution is 2.24. The molecule has 1 aliphatic carbocycles. The Kier molecular flexibility index (Phi) is 6.20. The molecule has 0 aliphatic heterocycles. The number of hydrogen-bond donors (Lipinski definition) is 1. The van der Waals surface area contributed by atoms with E-state index < -0.39 is 0 Å². The highest BCUT2D eigenvalue weighted by atomic mass is 16.5. The Hall–Kier alpha value is -0.0800. The summed E-state index contributed by atoms with van der Waals surface area (Å²) in [4.78, 5) is 0. The van der Waals surface area contributed by atoms with Gasteiger partial charge in [-0.15, -0.1) is 0 Å². The first kappa shape index (κ1) is 12.0. The summed E-state index contributed by atoms with van der Waals surface area (Å²) in [5.74, 6) is 0.856. The van der Waals surface area contributed by atoms with Crippen LogP contribution in [-0.4, -0.2) is 26.3 Å². The van der Waals surface area contributed by atoms with Gasteiger partial charge in [-0.25, -0.2) is 0 Å². The number of ether oxygens (including phenoxy) is 1. The molecule has 0 amide bonds. The maximum atomic E-state index is 5.76. The van der Waals surface area contributed by atoms with Crippen LogP contribution in [0.3, 0.4) is 0 Å². The van der Waals surface area contributed by atoms with Gasteiger partial charge in [-0.3, -0.25) is 0 Å². The molecule has 84 valence electrons. The fourth-order valence-electron chi connectivity index (χ4n) is 2.21. The lowest BCUT2D eigenvalue weighted by atomic mass is 10.1. The average molecular weight is 199 g/mol. The predicted octanol–water partition coefficient (Wildman–Crippen LogP) is 2.58. The van der Waals surface area contributed by atoms with Crippen LogP contribution in [0, 0.1) is 5.92 Å². The van der Waals surface area contributed by atoms with Crippen LogP contribution in [0.15, 0.2) is 0 Å². The van der Waals surface area contributed by atoms with E-state index in [9.17, 15) is 0 Å². The molecule has 0 radical (unpaired) electrons. The van der Waals surface area contributed by atoms with E-state index in [-0.39, 0.29) is 0 Å². The Bertz CT molecular complexity index is 132. The fraction of sp³-hybridized carbons (Fsp3) is 1.00. The Morgan fingerprint density at radius 2 is 2.07 bits per heavy atom. The minimum absolute atomic E-state index is 0.557. The summed E-state index contributed by atoms with van der Waals surface area (Å²) >= 11 is 0. The van der Waals surface area contributed by atoms with E-state index in [0.29, 0.717) is 6.04 Å². The van der Waals surface area contributed by atoms with Gasteiger partial charge in [-0.05, 0) is 32.2 Å². The molecule has 1 rings (SSSR count). The molecule has 0 aromatic rings. The molecule has 0 heterocycles. The van der Waals surface area contributed by atoms with Gasteiger partial charge in [0.25, 0.3) is 0 Å². The van der Waals surface area contributed by atoms with Crippen molar-refractivity contribution in [1.82, 2.24) is 5.32 Å². The second-order valence-electron chi connectivity index (χ2n) is 4.46. The normalized spacial score (nSPS) is 20.1. The molecule has 14 heavy (non-hydrogen) atoms. The van der Waals surface area contributed by atoms with Gasteiger partial charge in [-0.2, -0.15) is 0 Å². The van der Waals surface area contributed by atoms with Crippen LogP contribution in [0.25, 0.3) is 0 Å². The van der Waals surface area contributed by atoms with Crippen molar-refractivity contribution in [3.8, 4) is 0 Å². The SMILES string of the molecule is CCCC(COCC1CCCC1)NC. The minimum Gasteiger partial charge on any atom is -0.380 e. The second kappa shape index (κ2) is 7.24. The second-order valence-corrected chi connectivity index (χ2v) is 4.46. The predicted molar refractivity (Wildman–Crippen MR) is 60.5 cm³/mol. The zero-order valence-corrected chi connectivity index (χ0v) is 9.72. The van der Waals surface area contributed by atoms with Crippen molar-refractivity contribution in [2.24, 2.45) is 5.92 Å². The zero-order valence-electron chi connectivity index (χ0n) is 9.72. The number of likely N-dealkylation sites (N-methyl/N-ethyl adjacent to an activating group) is 1. The lowest BCUT2D eigenvalue weighted by molar-refractivity contribution is 0.0825. The van der Waals surface area contributed by atoms with E-state index in [1.54, 1.807) is 0 Å². The Morgan fingerprint density at radius 3 is 2.64 bits per heavy atom. The van der Waals surface area contributed by atoms with Gasteiger partial charge >= 0.3 is 0 Å². The van der Waals surface area contributed by atoms with E-state index in [4.69, 9.17) is 4.74 Å². The molecule has 0 aromatic carbocycles. The van der Waals surface area contributed by atoms with Gasteiger partial charge < -0.3 is 10.1 Å². The quantitative estimate of drug-likeness (QED) is 0.680. The molecule has 0 bridgehead atoms. The third-order valence-electron chi connectivity index (χ3n) is 3.19. The van der Waals surface area contributed by atoms with Gasteiger partial charge in [0, 0.05) is 12.6 Å². The molecular formula is C12H25NO. The third kappa shape index (κ3) is 4.43. The first-order valence-electron chi connectivity index (χ1n) is 6.11. The highest BCUT2D eigenvalue weighted by molar-refractivity contribution is 4.68. The molecule has 0 spiro atoms. The van der Waals surface area contributed by atoms with Crippen molar-refractivity contribution < 1.29 is 4.74 Å². The first-order chi connectivity index (χ1) is 6.86. The Balaban J connectivity index is 2.00. The standard InChI is InChI=1S/C12H25NO/c1-3-6-12(13-2)10-14-9-11-7-4-5-8-11/h11-13H,3-10H2,1-2H3. The number of nitrogens with one attached hydrogen (secondary N) is 1. The maximum absolute atomic E-state index is 5.76. The van der Waals surface area contributed by atoms with E-state index in [1.165, 1.54) is 38.5 Å². The maximum Gasteiger partial charge on any atom is 0.0619 e. The summed E-state index contributed by atoms with van der Waals surface area (Å²) < 4.78 is 5.76. The van der Waals surface area contributed by atoms with Crippen LogP contribution in [0.1, 0.15) is 45.4 Å². The van der Waals surface area contributed by atoms with Gasteiger partial charge in [0.05, 0.1) is 6.61 Å². The lowest BCUT2D eigenvalue weighted by Gasteiger charge is -2.17. The number of hydrogen-bond acceptors (Lipinski definition) is 2.